The highest BCUT2D eigenvalue weighted by molar-refractivity contribution is 6.16. The molecule has 35 heavy (non-hydrogen) atoms. The molecule has 2 aromatic rings. The summed E-state index contributed by atoms with van der Waals surface area (Å²) in [6, 6.07) is 9.25. The van der Waals surface area contributed by atoms with Gasteiger partial charge in [0.1, 0.15) is 18.1 Å². The van der Waals surface area contributed by atoms with Crippen LogP contribution in [0.2, 0.25) is 0 Å². The number of rotatable bonds is 5. The summed E-state index contributed by atoms with van der Waals surface area (Å²) in [6.07, 6.45) is 2.67. The number of benzene rings is 2. The first-order valence-corrected chi connectivity index (χ1v) is 11.8. The lowest BCUT2D eigenvalue weighted by molar-refractivity contribution is -0.127. The molecule has 7 nitrogen and oxygen atoms in total. The van der Waals surface area contributed by atoms with Crippen LogP contribution in [0, 0.1) is 12.7 Å². The van der Waals surface area contributed by atoms with Crippen LogP contribution in [0.3, 0.4) is 0 Å². The Balaban J connectivity index is 1.56. The number of nitrogens with zero attached hydrogens (tertiary/aromatic N) is 2. The van der Waals surface area contributed by atoms with Gasteiger partial charge in [-0.3, -0.25) is 9.59 Å². The molecule has 0 bridgehead atoms. The lowest BCUT2D eigenvalue weighted by Crippen LogP contribution is -2.48. The number of carbonyl (C=O) groups excluding carboxylic acids is 3. The van der Waals surface area contributed by atoms with E-state index in [1.54, 1.807) is 12.1 Å². The van der Waals surface area contributed by atoms with Crippen molar-refractivity contribution in [2.24, 2.45) is 0 Å². The van der Waals surface area contributed by atoms with Gasteiger partial charge in [-0.05, 0) is 87.1 Å². The van der Waals surface area contributed by atoms with E-state index >= 15 is 0 Å². The average Bonchev–Trinajstić information content (AvgIpc) is 3.03. The first-order chi connectivity index (χ1) is 16.5. The predicted octanol–water partition coefficient (Wildman–Crippen LogP) is 4.78. The van der Waals surface area contributed by atoms with Crippen LogP contribution in [0.1, 0.15) is 56.7 Å². The van der Waals surface area contributed by atoms with Crippen LogP contribution in [-0.2, 0) is 9.59 Å². The van der Waals surface area contributed by atoms with E-state index in [-0.39, 0.29) is 16.9 Å². The molecule has 2 aliphatic heterocycles. The van der Waals surface area contributed by atoms with Crippen LogP contribution in [0.25, 0.3) is 6.08 Å². The monoisotopic (exact) mass is 478 g/mol. The molecule has 1 unspecified atom stereocenters. The van der Waals surface area contributed by atoms with Gasteiger partial charge in [0.2, 0.25) is 5.91 Å². The Bertz CT molecular complexity index is 1240. The number of carbonyl (C=O) groups is 3. The normalized spacial score (nSPS) is 20.2. The van der Waals surface area contributed by atoms with Crippen molar-refractivity contribution in [2.45, 2.75) is 52.5 Å². The van der Waals surface area contributed by atoms with Gasteiger partial charge in [0.25, 0.3) is 5.91 Å². The lowest BCUT2D eigenvalue weighted by atomic mass is 9.79. The Kier molecular flexibility index (Phi) is 6.40. The minimum atomic E-state index is -0.687. The maximum Gasteiger partial charge on any atom is 0.329 e. The number of imide groups is 1. The number of hydrogen-bond acceptors (Lipinski definition) is 4. The van der Waals surface area contributed by atoms with Gasteiger partial charge in [-0.2, -0.15) is 0 Å². The SMILES string of the molecule is CCN1c2cc(C)c(/C=C3/NC(=O)N(CC(=O)Nc4ccccc4F)C3=O)cc2C(C)CC1(C)C. The van der Waals surface area contributed by atoms with Crippen molar-refractivity contribution in [3.8, 4) is 0 Å². The summed E-state index contributed by atoms with van der Waals surface area (Å²) in [4.78, 5) is 41.0. The second-order valence-electron chi connectivity index (χ2n) is 9.84. The first kappa shape index (κ1) is 24.4. The van der Waals surface area contributed by atoms with Gasteiger partial charge >= 0.3 is 6.03 Å². The largest absolute Gasteiger partial charge is 0.366 e. The molecule has 8 heteroatoms. The van der Waals surface area contributed by atoms with Gasteiger partial charge in [0.15, 0.2) is 0 Å². The first-order valence-electron chi connectivity index (χ1n) is 11.8. The fraction of sp³-hybridized carbons (Fsp3) is 0.370. The van der Waals surface area contributed by atoms with Gasteiger partial charge in [-0.15, -0.1) is 0 Å². The highest BCUT2D eigenvalue weighted by atomic mass is 19.1. The summed E-state index contributed by atoms with van der Waals surface area (Å²) in [7, 11) is 0. The van der Waals surface area contributed by atoms with E-state index < -0.39 is 30.2 Å². The molecule has 4 amide bonds. The molecule has 2 heterocycles. The van der Waals surface area contributed by atoms with Gasteiger partial charge in [-0.1, -0.05) is 19.1 Å². The van der Waals surface area contributed by atoms with Crippen LogP contribution < -0.4 is 15.5 Å². The molecule has 0 spiro atoms. The fourth-order valence-corrected chi connectivity index (χ4v) is 5.17. The maximum absolute atomic E-state index is 13.8. The van der Waals surface area contributed by atoms with E-state index in [1.165, 1.54) is 29.4 Å². The third-order valence-corrected chi connectivity index (χ3v) is 6.80. The highest BCUT2D eigenvalue weighted by Crippen LogP contribution is 2.44. The number of nitrogens with one attached hydrogen (secondary N) is 2. The second-order valence-corrected chi connectivity index (χ2v) is 9.84. The summed E-state index contributed by atoms with van der Waals surface area (Å²) in [5.41, 5.74) is 4.37. The highest BCUT2D eigenvalue weighted by Gasteiger charge is 2.37. The average molecular weight is 479 g/mol. The summed E-state index contributed by atoms with van der Waals surface area (Å²) < 4.78 is 13.8. The van der Waals surface area contributed by atoms with E-state index in [1.807, 2.05) is 6.92 Å². The van der Waals surface area contributed by atoms with Crippen LogP contribution in [0.5, 0.6) is 0 Å². The van der Waals surface area contributed by atoms with Crippen molar-refractivity contribution < 1.29 is 18.8 Å². The van der Waals surface area contributed by atoms with E-state index in [2.05, 4.69) is 55.4 Å². The number of para-hydroxylation sites is 1. The van der Waals surface area contributed by atoms with Gasteiger partial charge in [-0.25, -0.2) is 14.1 Å². The summed E-state index contributed by atoms with van der Waals surface area (Å²) >= 11 is 0. The van der Waals surface area contributed by atoms with Gasteiger partial charge in [0, 0.05) is 17.8 Å². The Hall–Kier alpha value is -3.68. The van der Waals surface area contributed by atoms with E-state index in [9.17, 15) is 18.8 Å². The Labute approximate surface area is 205 Å². The van der Waals surface area contributed by atoms with Crippen LogP contribution in [0.15, 0.2) is 42.1 Å². The smallest absolute Gasteiger partial charge is 0.329 e. The number of halogens is 1. The Morgan fingerprint density at radius 3 is 2.66 bits per heavy atom. The Morgan fingerprint density at radius 1 is 1.26 bits per heavy atom. The lowest BCUT2D eigenvalue weighted by Gasteiger charge is -2.47. The molecular formula is C27H31FN4O3. The number of anilines is 2. The number of amides is 4. The Morgan fingerprint density at radius 2 is 1.97 bits per heavy atom. The second kappa shape index (κ2) is 9.17. The zero-order chi connectivity index (χ0) is 25.5. The number of fused-ring (bicyclic) bond motifs is 1. The number of hydrogen-bond donors (Lipinski definition) is 2. The van der Waals surface area contributed by atoms with Gasteiger partial charge < -0.3 is 15.5 Å². The minimum Gasteiger partial charge on any atom is -0.366 e. The van der Waals surface area contributed by atoms with Gasteiger partial charge in [0.05, 0.1) is 5.69 Å². The molecule has 0 aromatic heterocycles. The van der Waals surface area contributed by atoms with Crippen molar-refractivity contribution in [3.05, 3.63) is 64.6 Å². The predicted molar refractivity (Wildman–Crippen MR) is 135 cm³/mol. The molecule has 4 rings (SSSR count). The molecule has 0 radical (unpaired) electrons. The molecule has 1 atom stereocenters. The van der Waals surface area contributed by atoms with Crippen molar-refractivity contribution in [1.29, 1.82) is 0 Å². The molecule has 1 fully saturated rings. The number of aryl methyl sites for hydroxylation is 1. The summed E-state index contributed by atoms with van der Waals surface area (Å²) in [5, 5.41) is 4.96. The quantitative estimate of drug-likeness (QED) is 0.479. The van der Waals surface area contributed by atoms with E-state index in [0.717, 1.165) is 29.0 Å². The number of urea groups is 1. The zero-order valence-corrected chi connectivity index (χ0v) is 20.7. The van der Waals surface area contributed by atoms with Crippen molar-refractivity contribution in [2.75, 3.05) is 23.3 Å². The maximum atomic E-state index is 13.8. The van der Waals surface area contributed by atoms with E-state index in [4.69, 9.17) is 0 Å². The summed E-state index contributed by atoms with van der Waals surface area (Å²) in [5.74, 6) is -1.52. The van der Waals surface area contributed by atoms with Crippen molar-refractivity contribution in [1.82, 2.24) is 10.2 Å². The third kappa shape index (κ3) is 4.65. The topological polar surface area (TPSA) is 81.8 Å². The molecule has 2 aliphatic rings. The van der Waals surface area contributed by atoms with Crippen molar-refractivity contribution >= 4 is 35.3 Å². The molecule has 184 valence electrons. The summed E-state index contributed by atoms with van der Waals surface area (Å²) in [6.45, 7) is 11.2. The molecular weight excluding hydrogens is 447 g/mol. The fourth-order valence-electron chi connectivity index (χ4n) is 5.17. The standard InChI is InChI=1S/C27H31FN4O3/c1-6-32-23-11-16(2)18(12-19(23)17(3)14-27(32,4)5)13-22-25(34)31(26(35)30-22)15-24(33)29-21-10-8-7-9-20(21)28/h7-13,17H,6,14-15H2,1-5H3,(H,29,33)(H,30,35)/b22-13+. The molecule has 0 saturated carbocycles. The molecule has 2 N–H and O–H groups in total. The molecule has 1 saturated heterocycles. The van der Waals surface area contributed by atoms with E-state index in [0.29, 0.717) is 5.92 Å². The van der Waals surface area contributed by atoms with Crippen LogP contribution in [0.4, 0.5) is 20.6 Å². The van der Waals surface area contributed by atoms with Crippen LogP contribution >= 0.6 is 0 Å². The van der Waals surface area contributed by atoms with Crippen LogP contribution in [-0.4, -0.2) is 41.4 Å². The minimum absolute atomic E-state index is 0.0107. The zero-order valence-electron chi connectivity index (χ0n) is 20.7. The third-order valence-electron chi connectivity index (χ3n) is 6.80. The van der Waals surface area contributed by atoms with Crippen molar-refractivity contribution in [3.63, 3.8) is 0 Å². The molecule has 2 aromatic carbocycles. The molecule has 0 aliphatic carbocycles.